The van der Waals surface area contributed by atoms with Crippen molar-refractivity contribution in [3.8, 4) is 0 Å². The standard InChI is InChI=1S/C17H9N2S.HI.Mg/c1-2-7-13-11(5-1)12-6-3-4-8-14(12)19-15-9-10-20-17(15)18-16(13)19;;/h1-6,8-10H;1H;/q-1;;+2/p-1. The molecule has 0 aliphatic carbocycles. The van der Waals surface area contributed by atoms with Crippen LogP contribution >= 0.6 is 11.3 Å². The van der Waals surface area contributed by atoms with Gasteiger partial charge in [0.2, 0.25) is 0 Å². The average Bonchev–Trinajstić information content (AvgIpc) is 3.08. The molecule has 3 heterocycles. The molecule has 0 bridgehead atoms. The number of hydrogen-bond donors (Lipinski definition) is 0. The third-order valence-electron chi connectivity index (χ3n) is 3.80. The number of benzene rings is 2. The van der Waals surface area contributed by atoms with Crippen molar-refractivity contribution >= 4 is 72.1 Å². The second kappa shape index (κ2) is 5.96. The van der Waals surface area contributed by atoms with E-state index in [0.717, 1.165) is 15.9 Å². The molecule has 0 saturated carbocycles. The second-order valence-electron chi connectivity index (χ2n) is 4.86. The third-order valence-corrected chi connectivity index (χ3v) is 4.60. The van der Waals surface area contributed by atoms with Crippen LogP contribution in [0.4, 0.5) is 0 Å². The first kappa shape index (κ1) is 16.0. The molecule has 22 heavy (non-hydrogen) atoms. The molecule has 0 saturated heterocycles. The van der Waals surface area contributed by atoms with Gasteiger partial charge in [-0.3, -0.25) is 4.98 Å². The maximum atomic E-state index is 4.80. The smallest absolute Gasteiger partial charge is 1.00 e. The largest absolute Gasteiger partial charge is 2.00 e. The summed E-state index contributed by atoms with van der Waals surface area (Å²) in [5.41, 5.74) is 3.39. The fourth-order valence-corrected chi connectivity index (χ4v) is 3.71. The molecule has 2 nitrogen and oxygen atoms in total. The number of aromatic nitrogens is 2. The maximum Gasteiger partial charge on any atom is 2.00 e. The fourth-order valence-electron chi connectivity index (χ4n) is 2.96. The van der Waals surface area contributed by atoms with Gasteiger partial charge in [-0.1, -0.05) is 23.6 Å². The van der Waals surface area contributed by atoms with Gasteiger partial charge in [0.15, 0.2) is 0 Å². The Morgan fingerprint density at radius 3 is 2.68 bits per heavy atom. The van der Waals surface area contributed by atoms with Crippen molar-refractivity contribution < 1.29 is 24.0 Å². The topological polar surface area (TPSA) is 17.3 Å². The Balaban J connectivity index is 0.000000720. The Bertz CT molecular complexity index is 1080. The van der Waals surface area contributed by atoms with Gasteiger partial charge in [0.1, 0.15) is 4.83 Å². The van der Waals surface area contributed by atoms with Crippen molar-refractivity contribution in [2.45, 2.75) is 0 Å². The van der Waals surface area contributed by atoms with E-state index in [1.807, 2.05) is 12.1 Å². The van der Waals surface area contributed by atoms with Crippen molar-refractivity contribution in [3.05, 3.63) is 60.0 Å². The minimum absolute atomic E-state index is 0. The molecule has 5 aromatic rings. The van der Waals surface area contributed by atoms with Crippen LogP contribution in [0.3, 0.4) is 0 Å². The van der Waals surface area contributed by atoms with E-state index >= 15 is 0 Å². The van der Waals surface area contributed by atoms with Crippen molar-refractivity contribution in [3.63, 3.8) is 0 Å². The summed E-state index contributed by atoms with van der Waals surface area (Å²) in [7, 11) is 0. The van der Waals surface area contributed by atoms with E-state index in [2.05, 4.69) is 52.2 Å². The van der Waals surface area contributed by atoms with Crippen LogP contribution < -0.4 is 24.0 Å². The molecule has 0 radical (unpaired) electrons. The molecule has 0 fully saturated rings. The molecule has 3 aromatic heterocycles. The number of nitrogens with zero attached hydrogens (tertiary/aromatic N) is 2. The number of pyridine rings is 1. The number of fused-ring (bicyclic) bond motifs is 8. The number of halogens is 1. The van der Waals surface area contributed by atoms with Gasteiger partial charge >= 0.3 is 23.1 Å². The number of hydrogen-bond acceptors (Lipinski definition) is 2. The van der Waals surface area contributed by atoms with Crippen LogP contribution in [0.15, 0.2) is 53.9 Å². The zero-order valence-corrected chi connectivity index (χ0v) is 16.0. The van der Waals surface area contributed by atoms with E-state index in [0.29, 0.717) is 0 Å². The first-order chi connectivity index (χ1) is 9.93. The summed E-state index contributed by atoms with van der Waals surface area (Å²) in [5, 5.41) is 5.65. The Hall–Kier alpha value is -0.894. The maximum absolute atomic E-state index is 4.80. The summed E-state index contributed by atoms with van der Waals surface area (Å²) in [6.07, 6.45) is 0. The minimum Gasteiger partial charge on any atom is -1.00 e. The van der Waals surface area contributed by atoms with Gasteiger partial charge in [0.25, 0.3) is 0 Å². The van der Waals surface area contributed by atoms with Crippen LogP contribution in [-0.2, 0) is 0 Å². The Morgan fingerprint density at radius 2 is 1.77 bits per heavy atom. The van der Waals surface area contributed by atoms with Crippen molar-refractivity contribution in [1.29, 1.82) is 0 Å². The molecular formula is C17H9IMgN2S. The number of thiophene rings is 1. The normalized spacial score (nSPS) is 10.9. The summed E-state index contributed by atoms with van der Waals surface area (Å²) in [5.74, 6) is 0. The molecular weight excluding hydrogens is 415 g/mol. The Kier molecular flexibility index (Phi) is 4.33. The molecule has 0 amide bonds. The second-order valence-corrected chi connectivity index (χ2v) is 5.75. The predicted molar refractivity (Wildman–Crippen MR) is 90.2 cm³/mol. The summed E-state index contributed by atoms with van der Waals surface area (Å²) < 4.78 is 2.25. The predicted octanol–water partition coefficient (Wildman–Crippen LogP) is 1.28. The van der Waals surface area contributed by atoms with Crippen LogP contribution in [0, 0.1) is 6.07 Å². The van der Waals surface area contributed by atoms with Crippen molar-refractivity contribution in [1.82, 2.24) is 9.38 Å². The fraction of sp³-hybridized carbons (Fsp3) is 0. The quantitative estimate of drug-likeness (QED) is 0.158. The molecule has 0 aliphatic rings. The third kappa shape index (κ3) is 2.06. The van der Waals surface area contributed by atoms with E-state index in [4.69, 9.17) is 4.98 Å². The van der Waals surface area contributed by atoms with Gasteiger partial charge in [0.05, 0.1) is 11.2 Å². The summed E-state index contributed by atoms with van der Waals surface area (Å²) in [6.45, 7) is 0. The molecule has 5 rings (SSSR count). The first-order valence-corrected chi connectivity index (χ1v) is 7.38. The Morgan fingerprint density at radius 1 is 0.955 bits per heavy atom. The number of para-hydroxylation sites is 1. The number of imidazole rings is 1. The van der Waals surface area contributed by atoms with Gasteiger partial charge < -0.3 is 28.4 Å². The van der Waals surface area contributed by atoms with Crippen LogP contribution in [0.5, 0.6) is 0 Å². The zero-order valence-electron chi connectivity index (χ0n) is 11.6. The number of rotatable bonds is 0. The molecule has 0 N–H and O–H groups in total. The molecule has 0 aliphatic heterocycles. The zero-order chi connectivity index (χ0) is 13.1. The molecule has 5 heteroatoms. The Labute approximate surface area is 164 Å². The van der Waals surface area contributed by atoms with E-state index in [1.165, 1.54) is 21.8 Å². The van der Waals surface area contributed by atoms with E-state index in [9.17, 15) is 0 Å². The van der Waals surface area contributed by atoms with Gasteiger partial charge in [-0.2, -0.15) is 0 Å². The minimum atomic E-state index is 0. The SMILES string of the molecule is [I-].[Mg+2].[c-]1cccc2c1c1nc3sccc3n1c1ccccc21. The summed E-state index contributed by atoms with van der Waals surface area (Å²) >= 11 is 1.68. The van der Waals surface area contributed by atoms with Crippen LogP contribution in [-0.4, -0.2) is 32.4 Å². The van der Waals surface area contributed by atoms with Crippen LogP contribution in [0.25, 0.3) is 37.7 Å². The first-order valence-electron chi connectivity index (χ1n) is 6.50. The average molecular weight is 425 g/mol. The van der Waals surface area contributed by atoms with E-state index in [1.54, 1.807) is 11.3 Å². The molecule has 0 atom stereocenters. The van der Waals surface area contributed by atoms with E-state index < -0.39 is 0 Å². The monoisotopic (exact) mass is 424 g/mol. The van der Waals surface area contributed by atoms with Crippen LogP contribution in [0.1, 0.15) is 0 Å². The molecule has 2 aromatic carbocycles. The van der Waals surface area contributed by atoms with Crippen LogP contribution in [0.2, 0.25) is 0 Å². The summed E-state index contributed by atoms with van der Waals surface area (Å²) in [6, 6.07) is 20.1. The van der Waals surface area contributed by atoms with Gasteiger partial charge in [-0.05, 0) is 22.9 Å². The van der Waals surface area contributed by atoms with Crippen molar-refractivity contribution in [2.24, 2.45) is 0 Å². The summed E-state index contributed by atoms with van der Waals surface area (Å²) in [4.78, 5) is 5.89. The van der Waals surface area contributed by atoms with Gasteiger partial charge in [-0.15, -0.1) is 41.0 Å². The van der Waals surface area contributed by atoms with Gasteiger partial charge in [-0.25, -0.2) is 0 Å². The van der Waals surface area contributed by atoms with Crippen molar-refractivity contribution in [2.75, 3.05) is 0 Å². The molecule has 0 spiro atoms. The molecule has 0 unspecified atom stereocenters. The molecule has 102 valence electrons. The van der Waals surface area contributed by atoms with E-state index in [-0.39, 0.29) is 47.0 Å². The van der Waals surface area contributed by atoms with Gasteiger partial charge in [0, 0.05) is 5.52 Å².